The Labute approximate surface area is 64.8 Å². The maximum absolute atomic E-state index is 10.3. The third kappa shape index (κ3) is 8690. The number of Topliss-reactive ketones (excluding diaryl/α,β-unsaturated/α-hetero) is 1. The van der Waals surface area contributed by atoms with Crippen LogP contribution in [0.15, 0.2) is 0 Å². The van der Waals surface area contributed by atoms with Crippen molar-refractivity contribution < 1.29 is 18.0 Å². The van der Waals surface area contributed by atoms with E-state index in [9.17, 15) is 18.0 Å². The van der Waals surface area contributed by atoms with Gasteiger partial charge in [0, 0.05) is 22.6 Å². The number of hydrogen-bond donors (Lipinski definition) is 0. The van der Waals surface area contributed by atoms with E-state index in [4.69, 9.17) is 0 Å². The summed E-state index contributed by atoms with van der Waals surface area (Å²) < 4.78 is 27.0. The molecule has 0 aromatic rings. The van der Waals surface area contributed by atoms with E-state index in [2.05, 4.69) is 0 Å². The Bertz CT molecular complexity index is 78.3. The fourth-order valence-electron chi connectivity index (χ4n) is 0. The smallest absolute Gasteiger partial charge is 0.300 e. The van der Waals surface area contributed by atoms with Crippen LogP contribution in [-0.2, 0) is 4.79 Å². The van der Waals surface area contributed by atoms with E-state index < -0.39 is 4.18 Å². The highest BCUT2D eigenvalue weighted by Crippen LogP contribution is 2.22. The first-order valence-corrected chi connectivity index (χ1v) is 3.04. The van der Waals surface area contributed by atoms with E-state index >= 15 is 0 Å². The molecule has 0 aliphatic heterocycles. The maximum atomic E-state index is 10.3. The van der Waals surface area contributed by atoms with E-state index in [1.54, 1.807) is 0 Å². The van der Waals surface area contributed by atoms with Gasteiger partial charge in [-0.1, -0.05) is 0 Å². The Morgan fingerprint density at radius 2 is 1.33 bits per heavy atom. The van der Waals surface area contributed by atoms with Gasteiger partial charge in [0.1, 0.15) is 5.78 Å². The molecular weight excluding hydrogens is 248 g/mol. The average molecular weight is 254 g/mol. The molecule has 0 aliphatic rings. The summed E-state index contributed by atoms with van der Waals surface area (Å²) in [6, 6.07) is 0. The molecule has 0 unspecified atom stereocenters. The Hall–Kier alpha value is 0.190. The zero-order valence-corrected chi connectivity index (χ0v) is 7.08. The second-order valence-corrected chi connectivity index (χ2v) is 2.56. The van der Waals surface area contributed by atoms with Crippen LogP contribution < -0.4 is 0 Å². The Morgan fingerprint density at radius 1 is 1.33 bits per heavy atom. The summed E-state index contributed by atoms with van der Waals surface area (Å²) in [5, 5.41) is 0. The minimum Gasteiger partial charge on any atom is -0.300 e. The quantitative estimate of drug-likeness (QED) is 0.479. The van der Waals surface area contributed by atoms with Gasteiger partial charge in [-0.15, -0.1) is 0 Å². The predicted octanol–water partition coefficient (Wildman–Crippen LogP) is 2.54. The summed E-state index contributed by atoms with van der Waals surface area (Å²) in [4.78, 5) is 9.44. The zero-order valence-electron chi connectivity index (χ0n) is 4.92. The molecule has 0 aliphatic carbocycles. The number of rotatable bonds is 0. The lowest BCUT2D eigenvalue weighted by molar-refractivity contribution is -0.115. The lowest BCUT2D eigenvalue weighted by Crippen LogP contribution is -1.87. The highest BCUT2D eigenvalue weighted by molar-refractivity contribution is 14.1. The first kappa shape index (κ1) is 11.9. The predicted molar refractivity (Wildman–Crippen MR) is 36.4 cm³/mol. The maximum Gasteiger partial charge on any atom is 0.441 e. The van der Waals surface area contributed by atoms with Crippen LogP contribution in [-0.4, -0.2) is 9.97 Å². The minimum atomic E-state index is -4.03. The van der Waals surface area contributed by atoms with Gasteiger partial charge < -0.3 is 4.79 Å². The molecule has 0 N–H and O–H groups in total. The van der Waals surface area contributed by atoms with Gasteiger partial charge in [0.15, 0.2) is 0 Å². The summed E-state index contributed by atoms with van der Waals surface area (Å²) in [6.45, 7) is 3.06. The van der Waals surface area contributed by atoms with Crippen molar-refractivity contribution in [1.82, 2.24) is 0 Å². The van der Waals surface area contributed by atoms with Crippen molar-refractivity contribution in [2.24, 2.45) is 0 Å². The van der Waals surface area contributed by atoms with Crippen LogP contribution in [0.1, 0.15) is 13.8 Å². The number of carbonyl (C=O) groups is 1. The molecule has 0 saturated heterocycles. The van der Waals surface area contributed by atoms with Crippen molar-refractivity contribution in [2.75, 3.05) is 0 Å². The Balaban J connectivity index is 0. The molecule has 56 valence electrons. The van der Waals surface area contributed by atoms with E-state index in [1.165, 1.54) is 13.8 Å². The second-order valence-electron chi connectivity index (χ2n) is 1.34. The largest absolute Gasteiger partial charge is 0.441 e. The summed E-state index contributed by atoms with van der Waals surface area (Å²) in [5.41, 5.74) is 0. The number of halogens is 4. The third-order valence-corrected chi connectivity index (χ3v) is 0. The molecule has 0 aromatic heterocycles. The number of hydrogen-bond acceptors (Lipinski definition) is 1. The Morgan fingerprint density at radius 3 is 1.33 bits per heavy atom. The molecule has 1 nitrogen and oxygen atoms in total. The van der Waals surface area contributed by atoms with E-state index in [0.29, 0.717) is 22.6 Å². The number of alkyl halides is 4. The molecular formula is C4H6F3IO. The Kier molecular flexibility index (Phi) is 6.64. The standard InChI is InChI=1S/C3H6O.CF3I/c1-3(2)4;2-1(3,4)5/h1-2H3;. The van der Waals surface area contributed by atoms with Gasteiger partial charge in [-0.3, -0.25) is 0 Å². The first-order valence-electron chi connectivity index (χ1n) is 1.96. The van der Waals surface area contributed by atoms with Crippen molar-refractivity contribution in [2.45, 2.75) is 18.0 Å². The van der Waals surface area contributed by atoms with Crippen molar-refractivity contribution in [3.05, 3.63) is 0 Å². The summed E-state index contributed by atoms with van der Waals surface area (Å²) in [7, 11) is 0. The molecule has 0 rings (SSSR count). The highest BCUT2D eigenvalue weighted by atomic mass is 127. The SMILES string of the molecule is CC(C)=O.FC(F)(F)I. The van der Waals surface area contributed by atoms with Crippen LogP contribution >= 0.6 is 22.6 Å². The van der Waals surface area contributed by atoms with Crippen LogP contribution in [0.4, 0.5) is 13.2 Å². The summed E-state index contributed by atoms with van der Waals surface area (Å²) in [5.74, 6) is 0.167. The van der Waals surface area contributed by atoms with Gasteiger partial charge in [-0.2, -0.15) is 13.2 Å². The number of carbonyl (C=O) groups excluding carboxylic acids is 1. The van der Waals surface area contributed by atoms with Crippen molar-refractivity contribution in [3.8, 4) is 0 Å². The lowest BCUT2D eigenvalue weighted by Gasteiger charge is -1.85. The molecule has 0 spiro atoms. The topological polar surface area (TPSA) is 17.1 Å². The van der Waals surface area contributed by atoms with E-state index in [1.807, 2.05) is 0 Å². The molecule has 0 fully saturated rings. The van der Waals surface area contributed by atoms with Gasteiger partial charge in [0.05, 0.1) is 0 Å². The number of ketones is 1. The monoisotopic (exact) mass is 254 g/mol. The van der Waals surface area contributed by atoms with Crippen molar-refractivity contribution in [1.29, 1.82) is 0 Å². The fraction of sp³-hybridized carbons (Fsp3) is 0.750. The normalized spacial score (nSPS) is 9.56. The van der Waals surface area contributed by atoms with Crippen LogP contribution in [0.3, 0.4) is 0 Å². The highest BCUT2D eigenvalue weighted by Gasteiger charge is 2.19. The fourth-order valence-corrected chi connectivity index (χ4v) is 0. The van der Waals surface area contributed by atoms with E-state index in [-0.39, 0.29) is 5.78 Å². The zero-order chi connectivity index (χ0) is 8.08. The molecule has 9 heavy (non-hydrogen) atoms. The van der Waals surface area contributed by atoms with E-state index in [0.717, 1.165) is 0 Å². The van der Waals surface area contributed by atoms with Crippen LogP contribution in [0.2, 0.25) is 0 Å². The third-order valence-electron chi connectivity index (χ3n) is 0. The molecule has 0 atom stereocenters. The van der Waals surface area contributed by atoms with Crippen LogP contribution in [0, 0.1) is 0 Å². The first-order chi connectivity index (χ1) is 3.73. The van der Waals surface area contributed by atoms with Gasteiger partial charge in [-0.05, 0) is 13.8 Å². The molecule has 0 amide bonds. The molecule has 0 saturated carbocycles. The van der Waals surface area contributed by atoms with Gasteiger partial charge in [0.25, 0.3) is 0 Å². The molecule has 0 aromatic carbocycles. The molecule has 5 heteroatoms. The molecule has 0 bridgehead atoms. The van der Waals surface area contributed by atoms with Crippen molar-refractivity contribution >= 4 is 28.4 Å². The molecule has 0 radical (unpaired) electrons. The van der Waals surface area contributed by atoms with Crippen molar-refractivity contribution in [3.63, 3.8) is 0 Å². The second kappa shape index (κ2) is 5.01. The van der Waals surface area contributed by atoms with Crippen LogP contribution in [0.5, 0.6) is 0 Å². The van der Waals surface area contributed by atoms with Gasteiger partial charge in [-0.25, -0.2) is 0 Å². The summed E-state index contributed by atoms with van der Waals surface area (Å²) >= 11 is 0.378. The lowest BCUT2D eigenvalue weighted by atomic mass is 10.6. The van der Waals surface area contributed by atoms with Gasteiger partial charge in [0.2, 0.25) is 0 Å². The van der Waals surface area contributed by atoms with Crippen LogP contribution in [0.25, 0.3) is 0 Å². The summed E-state index contributed by atoms with van der Waals surface area (Å²) in [6.07, 6.45) is 0. The average Bonchev–Trinajstić information content (AvgIpc) is 1.19. The minimum absolute atomic E-state index is 0.167. The van der Waals surface area contributed by atoms with Gasteiger partial charge >= 0.3 is 4.18 Å². The molecule has 0 heterocycles.